The summed E-state index contributed by atoms with van der Waals surface area (Å²) in [5.41, 5.74) is 0.888. The van der Waals surface area contributed by atoms with Gasteiger partial charge in [-0.2, -0.15) is 0 Å². The van der Waals surface area contributed by atoms with E-state index >= 15 is 0 Å². The summed E-state index contributed by atoms with van der Waals surface area (Å²) in [4.78, 5) is 21.2. The first-order chi connectivity index (χ1) is 13.2. The quantitative estimate of drug-likeness (QED) is 0.541. The Hall–Kier alpha value is -2.80. The van der Waals surface area contributed by atoms with Gasteiger partial charge in [0.1, 0.15) is 23.6 Å². The fraction of sp³-hybridized carbons (Fsp3) is 0.250. The van der Waals surface area contributed by atoms with Crippen molar-refractivity contribution in [3.8, 4) is 11.5 Å². The van der Waals surface area contributed by atoms with E-state index in [-0.39, 0.29) is 17.8 Å². The number of aryl methyl sites for hydroxylation is 1. The fourth-order valence-electron chi connectivity index (χ4n) is 2.84. The van der Waals surface area contributed by atoms with Gasteiger partial charge in [0.15, 0.2) is 11.5 Å². The molecule has 2 aromatic carbocycles. The Morgan fingerprint density at radius 2 is 1.93 bits per heavy atom. The molecule has 1 aliphatic rings. The van der Waals surface area contributed by atoms with Crippen LogP contribution >= 0.6 is 11.8 Å². The third kappa shape index (κ3) is 4.14. The standard InChI is InChI=1S/C20H19N3O3S/c1-13-22-16-7-3-2-6-15(16)20(23-13)27-12-19(24)21-10-14-11-25-17-8-4-5-9-18(17)26-14/h2-9,14H,10-12H2,1H3,(H,21,24)/t14-/m1/s1. The van der Waals surface area contributed by atoms with Crippen molar-refractivity contribution in [1.29, 1.82) is 0 Å². The van der Waals surface area contributed by atoms with Gasteiger partial charge >= 0.3 is 0 Å². The van der Waals surface area contributed by atoms with Crippen LogP contribution in [0, 0.1) is 6.92 Å². The van der Waals surface area contributed by atoms with Crippen molar-refractivity contribution in [2.45, 2.75) is 18.1 Å². The van der Waals surface area contributed by atoms with E-state index in [0.29, 0.717) is 24.7 Å². The second kappa shape index (κ2) is 7.84. The van der Waals surface area contributed by atoms with Crippen LogP contribution < -0.4 is 14.8 Å². The average molecular weight is 381 g/mol. The summed E-state index contributed by atoms with van der Waals surface area (Å²) in [5.74, 6) is 2.36. The number of benzene rings is 2. The van der Waals surface area contributed by atoms with Crippen molar-refractivity contribution >= 4 is 28.6 Å². The Balaban J connectivity index is 1.32. The van der Waals surface area contributed by atoms with E-state index in [9.17, 15) is 4.79 Å². The fourth-order valence-corrected chi connectivity index (χ4v) is 3.74. The first-order valence-electron chi connectivity index (χ1n) is 8.70. The van der Waals surface area contributed by atoms with Gasteiger partial charge in [0.05, 0.1) is 17.8 Å². The van der Waals surface area contributed by atoms with Crippen LogP contribution in [0.15, 0.2) is 53.6 Å². The molecule has 0 radical (unpaired) electrons. The molecule has 0 fully saturated rings. The summed E-state index contributed by atoms with van der Waals surface area (Å²) in [6.07, 6.45) is -0.198. The molecule has 1 N–H and O–H groups in total. The molecule has 3 aromatic rings. The lowest BCUT2D eigenvalue weighted by Gasteiger charge is -2.26. The Kier molecular flexibility index (Phi) is 5.11. The molecule has 1 aliphatic heterocycles. The van der Waals surface area contributed by atoms with Gasteiger partial charge in [0, 0.05) is 5.39 Å². The highest BCUT2D eigenvalue weighted by Gasteiger charge is 2.21. The molecule has 0 saturated carbocycles. The minimum absolute atomic E-state index is 0.0668. The number of thioether (sulfide) groups is 1. The highest BCUT2D eigenvalue weighted by molar-refractivity contribution is 8.00. The number of aromatic nitrogens is 2. The zero-order valence-corrected chi connectivity index (χ0v) is 15.7. The number of carbonyl (C=O) groups is 1. The van der Waals surface area contributed by atoms with Gasteiger partial charge in [-0.25, -0.2) is 9.97 Å². The van der Waals surface area contributed by atoms with E-state index in [1.54, 1.807) is 0 Å². The van der Waals surface area contributed by atoms with E-state index in [1.165, 1.54) is 11.8 Å². The number of nitrogens with one attached hydrogen (secondary N) is 1. The summed E-state index contributed by atoms with van der Waals surface area (Å²) in [6.45, 7) is 2.67. The van der Waals surface area contributed by atoms with E-state index < -0.39 is 0 Å². The molecular formula is C20H19N3O3S. The van der Waals surface area contributed by atoms with Crippen molar-refractivity contribution in [2.75, 3.05) is 18.9 Å². The maximum Gasteiger partial charge on any atom is 0.230 e. The minimum Gasteiger partial charge on any atom is -0.486 e. The van der Waals surface area contributed by atoms with E-state index in [1.807, 2.05) is 55.5 Å². The van der Waals surface area contributed by atoms with Gasteiger partial charge in [-0.05, 0) is 25.1 Å². The highest BCUT2D eigenvalue weighted by atomic mass is 32.2. The number of carbonyl (C=O) groups excluding carboxylic acids is 1. The van der Waals surface area contributed by atoms with Gasteiger partial charge in [-0.1, -0.05) is 42.1 Å². The number of amides is 1. The maximum absolute atomic E-state index is 12.3. The lowest BCUT2D eigenvalue weighted by Crippen LogP contribution is -2.41. The topological polar surface area (TPSA) is 73.3 Å². The SMILES string of the molecule is Cc1nc(SCC(=O)NC[C@@H]2COc3ccccc3O2)c2ccccc2n1. The van der Waals surface area contributed by atoms with Gasteiger partial charge in [-0.15, -0.1) is 0 Å². The molecule has 0 aliphatic carbocycles. The summed E-state index contributed by atoms with van der Waals surface area (Å²) < 4.78 is 11.5. The molecule has 2 heterocycles. The predicted octanol–water partition coefficient (Wildman–Crippen LogP) is 2.99. The second-order valence-corrected chi connectivity index (χ2v) is 7.15. The molecule has 0 spiro atoms. The van der Waals surface area contributed by atoms with Crippen LogP contribution in [0.4, 0.5) is 0 Å². The van der Waals surface area contributed by atoms with Crippen LogP contribution in [-0.2, 0) is 4.79 Å². The van der Waals surface area contributed by atoms with Crippen LogP contribution in [0.1, 0.15) is 5.82 Å². The van der Waals surface area contributed by atoms with Gasteiger partial charge < -0.3 is 14.8 Å². The maximum atomic E-state index is 12.3. The Bertz CT molecular complexity index is 980. The Morgan fingerprint density at radius 1 is 1.15 bits per heavy atom. The second-order valence-electron chi connectivity index (χ2n) is 6.18. The number of para-hydroxylation sites is 3. The molecular weight excluding hydrogens is 362 g/mol. The lowest BCUT2D eigenvalue weighted by atomic mass is 10.2. The van der Waals surface area contributed by atoms with Crippen LogP contribution in [0.5, 0.6) is 11.5 Å². The lowest BCUT2D eigenvalue weighted by molar-refractivity contribution is -0.119. The molecule has 6 nitrogen and oxygen atoms in total. The zero-order chi connectivity index (χ0) is 18.6. The molecule has 1 amide bonds. The molecule has 0 bridgehead atoms. The van der Waals surface area contributed by atoms with E-state index in [2.05, 4.69) is 15.3 Å². The van der Waals surface area contributed by atoms with Gasteiger partial charge in [0.2, 0.25) is 5.91 Å². The number of nitrogens with zero attached hydrogens (tertiary/aromatic N) is 2. The van der Waals surface area contributed by atoms with Gasteiger partial charge in [-0.3, -0.25) is 4.79 Å². The zero-order valence-electron chi connectivity index (χ0n) is 14.8. The molecule has 0 saturated heterocycles. The molecule has 0 unspecified atom stereocenters. The average Bonchev–Trinajstić information content (AvgIpc) is 2.70. The minimum atomic E-state index is -0.198. The van der Waals surface area contributed by atoms with E-state index in [0.717, 1.165) is 21.7 Å². The van der Waals surface area contributed by atoms with Crippen LogP contribution in [0.25, 0.3) is 10.9 Å². The van der Waals surface area contributed by atoms with Crippen LogP contribution in [0.3, 0.4) is 0 Å². The first kappa shape index (κ1) is 17.6. The Labute approximate surface area is 161 Å². The normalized spacial score (nSPS) is 15.5. The third-order valence-electron chi connectivity index (χ3n) is 4.11. The van der Waals surface area contributed by atoms with Crippen LogP contribution in [-0.4, -0.2) is 40.9 Å². The molecule has 1 aromatic heterocycles. The summed E-state index contributed by atoms with van der Waals surface area (Å²) in [7, 11) is 0. The van der Waals surface area contributed by atoms with Crippen molar-refractivity contribution in [3.63, 3.8) is 0 Å². The van der Waals surface area contributed by atoms with Gasteiger partial charge in [0.25, 0.3) is 0 Å². The summed E-state index contributed by atoms with van der Waals surface area (Å²) in [6, 6.07) is 15.3. The monoisotopic (exact) mass is 381 g/mol. The van der Waals surface area contributed by atoms with E-state index in [4.69, 9.17) is 9.47 Å². The number of hydrogen-bond donors (Lipinski definition) is 1. The summed E-state index contributed by atoms with van der Waals surface area (Å²) >= 11 is 1.41. The molecule has 1 atom stereocenters. The van der Waals surface area contributed by atoms with Crippen molar-refractivity contribution in [2.24, 2.45) is 0 Å². The third-order valence-corrected chi connectivity index (χ3v) is 5.11. The predicted molar refractivity (Wildman–Crippen MR) is 104 cm³/mol. The van der Waals surface area contributed by atoms with Crippen molar-refractivity contribution in [3.05, 3.63) is 54.4 Å². The summed E-state index contributed by atoms with van der Waals surface area (Å²) in [5, 5.41) is 4.69. The van der Waals surface area contributed by atoms with Crippen molar-refractivity contribution < 1.29 is 14.3 Å². The smallest absolute Gasteiger partial charge is 0.230 e. The number of fused-ring (bicyclic) bond motifs is 2. The first-order valence-corrected chi connectivity index (χ1v) is 9.69. The Morgan fingerprint density at radius 3 is 2.81 bits per heavy atom. The molecule has 138 valence electrons. The molecule has 4 rings (SSSR count). The number of rotatable bonds is 5. The number of ether oxygens (including phenoxy) is 2. The highest BCUT2D eigenvalue weighted by Crippen LogP contribution is 2.30. The van der Waals surface area contributed by atoms with Crippen LogP contribution in [0.2, 0.25) is 0 Å². The largest absolute Gasteiger partial charge is 0.486 e. The van der Waals surface area contributed by atoms with Crippen molar-refractivity contribution in [1.82, 2.24) is 15.3 Å². The molecule has 27 heavy (non-hydrogen) atoms. The molecule has 7 heteroatoms. The number of hydrogen-bond acceptors (Lipinski definition) is 6.